The van der Waals surface area contributed by atoms with Crippen molar-refractivity contribution in [2.24, 2.45) is 0 Å². The van der Waals surface area contributed by atoms with Crippen molar-refractivity contribution in [1.29, 1.82) is 0 Å². The molecule has 1 amide bonds. The standard InChI is InChI=1S/C18H24FN5O3S/c1-4-6-7-8-15-20-18(22-21-15)28-16(17(25)23(3)5-2)13-10-9-12(24(26)27)11-14(13)19/h9-11,16H,4-8H2,1-3H3,(H,20,21,22). The highest BCUT2D eigenvalue weighted by Gasteiger charge is 2.29. The first-order valence-electron chi connectivity index (χ1n) is 9.14. The zero-order valence-electron chi connectivity index (χ0n) is 16.1. The number of halogens is 1. The van der Waals surface area contributed by atoms with Crippen LogP contribution in [0.1, 0.15) is 49.7 Å². The zero-order valence-corrected chi connectivity index (χ0v) is 17.0. The summed E-state index contributed by atoms with van der Waals surface area (Å²) in [6, 6.07) is 3.30. The normalized spacial score (nSPS) is 12.0. The van der Waals surface area contributed by atoms with Gasteiger partial charge in [-0.25, -0.2) is 9.37 Å². The number of aryl methyl sites for hydroxylation is 1. The Morgan fingerprint density at radius 2 is 2.14 bits per heavy atom. The monoisotopic (exact) mass is 409 g/mol. The molecule has 0 fully saturated rings. The number of hydrogen-bond acceptors (Lipinski definition) is 6. The number of likely N-dealkylation sites (N-methyl/N-ethyl adjacent to an activating group) is 1. The number of unbranched alkanes of at least 4 members (excludes halogenated alkanes) is 2. The van der Waals surface area contributed by atoms with Crippen LogP contribution in [0.4, 0.5) is 10.1 Å². The Morgan fingerprint density at radius 3 is 2.75 bits per heavy atom. The molecule has 1 aromatic heterocycles. The fourth-order valence-electron chi connectivity index (χ4n) is 2.54. The molecule has 152 valence electrons. The van der Waals surface area contributed by atoms with E-state index in [-0.39, 0.29) is 17.2 Å². The molecule has 1 heterocycles. The third-order valence-electron chi connectivity index (χ3n) is 4.30. The van der Waals surface area contributed by atoms with E-state index in [4.69, 9.17) is 0 Å². The van der Waals surface area contributed by atoms with Gasteiger partial charge < -0.3 is 4.90 Å². The van der Waals surface area contributed by atoms with Crippen molar-refractivity contribution in [2.45, 2.75) is 49.9 Å². The fourth-order valence-corrected chi connectivity index (χ4v) is 3.61. The highest BCUT2D eigenvalue weighted by Crippen LogP contribution is 2.37. The van der Waals surface area contributed by atoms with Crippen LogP contribution in [0.15, 0.2) is 23.4 Å². The average molecular weight is 409 g/mol. The largest absolute Gasteiger partial charge is 0.345 e. The van der Waals surface area contributed by atoms with Gasteiger partial charge in [0.15, 0.2) is 0 Å². The summed E-state index contributed by atoms with van der Waals surface area (Å²) in [5, 5.41) is 17.2. The Labute approximate surface area is 167 Å². The maximum atomic E-state index is 14.6. The first kappa shape index (κ1) is 21.8. The van der Waals surface area contributed by atoms with Gasteiger partial charge in [0.25, 0.3) is 5.69 Å². The van der Waals surface area contributed by atoms with Crippen LogP contribution in [0.25, 0.3) is 0 Å². The number of H-pyrrole nitrogens is 1. The number of nitrogens with zero attached hydrogens (tertiary/aromatic N) is 4. The summed E-state index contributed by atoms with van der Waals surface area (Å²) in [7, 11) is 1.62. The van der Waals surface area contributed by atoms with Gasteiger partial charge in [-0.2, -0.15) is 0 Å². The van der Waals surface area contributed by atoms with Crippen molar-refractivity contribution in [1.82, 2.24) is 20.1 Å². The van der Waals surface area contributed by atoms with Gasteiger partial charge in [-0.1, -0.05) is 31.5 Å². The first-order valence-corrected chi connectivity index (χ1v) is 10.0. The van der Waals surface area contributed by atoms with E-state index >= 15 is 0 Å². The molecule has 1 unspecified atom stereocenters. The first-order chi connectivity index (χ1) is 13.4. The van der Waals surface area contributed by atoms with Gasteiger partial charge in [-0.15, -0.1) is 5.10 Å². The number of amides is 1. The molecule has 2 rings (SSSR count). The second-order valence-corrected chi connectivity index (χ2v) is 7.41. The molecule has 1 atom stereocenters. The number of rotatable bonds is 10. The lowest BCUT2D eigenvalue weighted by Crippen LogP contribution is -2.30. The van der Waals surface area contributed by atoms with Gasteiger partial charge in [-0.3, -0.25) is 20.0 Å². The van der Waals surface area contributed by atoms with E-state index in [1.807, 2.05) is 6.92 Å². The minimum atomic E-state index is -0.940. The third kappa shape index (κ3) is 5.51. The summed E-state index contributed by atoms with van der Waals surface area (Å²) in [6.07, 6.45) is 3.91. The lowest BCUT2D eigenvalue weighted by Gasteiger charge is -2.22. The van der Waals surface area contributed by atoms with Gasteiger partial charge in [0.05, 0.1) is 11.0 Å². The molecule has 2 aromatic rings. The van der Waals surface area contributed by atoms with E-state index in [0.29, 0.717) is 11.7 Å². The van der Waals surface area contributed by atoms with E-state index in [1.165, 1.54) is 17.0 Å². The summed E-state index contributed by atoms with van der Waals surface area (Å²) in [5.74, 6) is -0.406. The second kappa shape index (κ2) is 10.2. The summed E-state index contributed by atoms with van der Waals surface area (Å²) in [5.41, 5.74) is -0.296. The van der Waals surface area contributed by atoms with Gasteiger partial charge in [-0.05, 0) is 19.4 Å². The number of aromatic amines is 1. The number of nitrogens with one attached hydrogen (secondary N) is 1. The van der Waals surface area contributed by atoms with Crippen LogP contribution in [-0.4, -0.2) is 44.5 Å². The van der Waals surface area contributed by atoms with Crippen molar-refractivity contribution in [3.05, 3.63) is 45.5 Å². The Hall–Kier alpha value is -2.49. The molecule has 28 heavy (non-hydrogen) atoms. The number of nitro groups is 1. The van der Waals surface area contributed by atoms with Crippen molar-refractivity contribution in [3.63, 3.8) is 0 Å². The highest BCUT2D eigenvalue weighted by molar-refractivity contribution is 8.00. The SMILES string of the molecule is CCCCCc1nc(SC(C(=O)N(C)CC)c2ccc([N+](=O)[O-])cc2F)n[nH]1. The molecule has 0 saturated carbocycles. The summed E-state index contributed by atoms with van der Waals surface area (Å²) < 4.78 is 14.6. The van der Waals surface area contributed by atoms with Crippen LogP contribution in [0.5, 0.6) is 0 Å². The number of non-ortho nitro benzene ring substituents is 1. The summed E-state index contributed by atoms with van der Waals surface area (Å²) >= 11 is 1.03. The third-order valence-corrected chi connectivity index (χ3v) is 5.39. The van der Waals surface area contributed by atoms with Gasteiger partial charge >= 0.3 is 0 Å². The van der Waals surface area contributed by atoms with Crippen molar-refractivity contribution < 1.29 is 14.1 Å². The van der Waals surface area contributed by atoms with Crippen molar-refractivity contribution in [2.75, 3.05) is 13.6 Å². The van der Waals surface area contributed by atoms with Crippen LogP contribution in [-0.2, 0) is 11.2 Å². The molecule has 10 heteroatoms. The smallest absolute Gasteiger partial charge is 0.272 e. The number of aromatic nitrogens is 3. The van der Waals surface area contributed by atoms with Gasteiger partial charge in [0.1, 0.15) is 16.9 Å². The predicted octanol–water partition coefficient (Wildman–Crippen LogP) is 3.90. The summed E-state index contributed by atoms with van der Waals surface area (Å²) in [6.45, 7) is 4.37. The minimum Gasteiger partial charge on any atom is -0.345 e. The lowest BCUT2D eigenvalue weighted by molar-refractivity contribution is -0.385. The molecule has 0 bridgehead atoms. The van der Waals surface area contributed by atoms with E-state index in [9.17, 15) is 19.3 Å². The Balaban J connectivity index is 2.28. The van der Waals surface area contributed by atoms with E-state index in [1.54, 1.807) is 7.05 Å². The zero-order chi connectivity index (χ0) is 20.7. The Bertz CT molecular complexity index is 829. The number of hydrogen-bond donors (Lipinski definition) is 1. The van der Waals surface area contributed by atoms with E-state index in [0.717, 1.165) is 49.3 Å². The molecule has 0 aliphatic carbocycles. The van der Waals surface area contributed by atoms with Crippen LogP contribution in [0, 0.1) is 15.9 Å². The molecule has 0 aliphatic rings. The molecule has 0 spiro atoms. The quantitative estimate of drug-likeness (QED) is 0.276. The number of carbonyl (C=O) groups is 1. The average Bonchev–Trinajstić information content (AvgIpc) is 3.12. The number of thioether (sulfide) groups is 1. The maximum absolute atomic E-state index is 14.6. The molecule has 1 aromatic carbocycles. The van der Waals surface area contributed by atoms with E-state index < -0.39 is 16.0 Å². The van der Waals surface area contributed by atoms with Crippen molar-refractivity contribution >= 4 is 23.4 Å². The molecule has 0 aliphatic heterocycles. The molecule has 0 radical (unpaired) electrons. The second-order valence-electron chi connectivity index (χ2n) is 6.34. The van der Waals surface area contributed by atoms with Crippen LogP contribution in [0.3, 0.4) is 0 Å². The maximum Gasteiger partial charge on any atom is 0.272 e. The van der Waals surface area contributed by atoms with E-state index in [2.05, 4.69) is 22.1 Å². The van der Waals surface area contributed by atoms with Crippen molar-refractivity contribution in [3.8, 4) is 0 Å². The number of nitro benzene ring substituents is 1. The van der Waals surface area contributed by atoms with Crippen LogP contribution >= 0.6 is 11.8 Å². The minimum absolute atomic E-state index is 0.0678. The number of benzene rings is 1. The highest BCUT2D eigenvalue weighted by atomic mass is 32.2. The molecule has 1 N–H and O–H groups in total. The van der Waals surface area contributed by atoms with Gasteiger partial charge in [0, 0.05) is 31.6 Å². The lowest BCUT2D eigenvalue weighted by atomic mass is 10.1. The Kier molecular flexibility index (Phi) is 7.91. The predicted molar refractivity (Wildman–Crippen MR) is 105 cm³/mol. The fraction of sp³-hybridized carbons (Fsp3) is 0.500. The van der Waals surface area contributed by atoms with Crippen LogP contribution in [0.2, 0.25) is 0 Å². The van der Waals surface area contributed by atoms with Gasteiger partial charge in [0.2, 0.25) is 11.1 Å². The molecule has 0 saturated heterocycles. The Morgan fingerprint density at radius 1 is 1.39 bits per heavy atom. The van der Waals surface area contributed by atoms with Crippen LogP contribution < -0.4 is 0 Å². The molecular formula is C18H24FN5O3S. The molecule has 8 nitrogen and oxygen atoms in total. The number of carbonyl (C=O) groups excluding carboxylic acids is 1. The summed E-state index contributed by atoms with van der Waals surface area (Å²) in [4.78, 5) is 28.8. The molecular weight excluding hydrogens is 385 g/mol. The topological polar surface area (TPSA) is 105 Å².